The Hall–Kier alpha value is -3.39. The summed E-state index contributed by atoms with van der Waals surface area (Å²) >= 11 is 18.6. The summed E-state index contributed by atoms with van der Waals surface area (Å²) in [6.45, 7) is -0.0420. The van der Waals surface area contributed by atoms with Crippen LogP contribution < -0.4 is 15.0 Å². The highest BCUT2D eigenvalue weighted by molar-refractivity contribution is 6.42. The summed E-state index contributed by atoms with van der Waals surface area (Å²) in [4.78, 5) is 38.9. The molecule has 10 heteroatoms. The molecule has 0 unspecified atom stereocenters. The summed E-state index contributed by atoms with van der Waals surface area (Å²) in [5.74, 6) is -2.12. The third-order valence-corrected chi connectivity index (χ3v) is 5.62. The molecule has 1 N–H and O–H groups in total. The lowest BCUT2D eigenvalue weighted by atomic mass is 10.1. The summed E-state index contributed by atoms with van der Waals surface area (Å²) < 4.78 is 19.3. The first kappa shape index (κ1) is 23.8. The highest BCUT2D eigenvalue weighted by atomic mass is 35.5. The monoisotopic (exact) mass is 518 g/mol. The zero-order chi connectivity index (χ0) is 24.4. The number of benzene rings is 3. The Labute approximate surface area is 208 Å². The van der Waals surface area contributed by atoms with Gasteiger partial charge in [0.2, 0.25) is 0 Å². The molecule has 3 aromatic rings. The Kier molecular flexibility index (Phi) is 6.88. The van der Waals surface area contributed by atoms with Crippen molar-refractivity contribution in [3.8, 4) is 5.75 Å². The number of hydrogen-bond acceptors (Lipinski definition) is 4. The number of para-hydroxylation sites is 1. The maximum atomic E-state index is 13.5. The first-order valence-corrected chi connectivity index (χ1v) is 10.9. The first-order valence-electron chi connectivity index (χ1n) is 9.77. The van der Waals surface area contributed by atoms with E-state index in [4.69, 9.17) is 39.5 Å². The smallest absolute Gasteiger partial charge is 0.335 e. The number of imide groups is 2. The van der Waals surface area contributed by atoms with E-state index in [0.717, 1.165) is 4.90 Å². The average Bonchev–Trinajstić information content (AvgIpc) is 2.77. The average molecular weight is 520 g/mol. The largest absolute Gasteiger partial charge is 0.487 e. The van der Waals surface area contributed by atoms with Gasteiger partial charge in [0.1, 0.15) is 23.7 Å². The van der Waals surface area contributed by atoms with Crippen molar-refractivity contribution in [2.24, 2.45) is 0 Å². The zero-order valence-electron chi connectivity index (χ0n) is 17.2. The molecule has 3 aromatic carbocycles. The van der Waals surface area contributed by atoms with Gasteiger partial charge in [0.25, 0.3) is 11.8 Å². The minimum absolute atomic E-state index is 0.0420. The lowest BCUT2D eigenvalue weighted by molar-refractivity contribution is -0.122. The molecule has 1 fully saturated rings. The number of nitrogens with one attached hydrogen (secondary N) is 1. The molecule has 0 aliphatic carbocycles. The Morgan fingerprint density at radius 3 is 2.44 bits per heavy atom. The van der Waals surface area contributed by atoms with Gasteiger partial charge in [-0.2, -0.15) is 0 Å². The maximum absolute atomic E-state index is 13.5. The van der Waals surface area contributed by atoms with E-state index in [-0.39, 0.29) is 44.2 Å². The van der Waals surface area contributed by atoms with Crippen LogP contribution in [0.4, 0.5) is 14.9 Å². The van der Waals surface area contributed by atoms with Crippen LogP contribution in [-0.2, 0) is 16.2 Å². The van der Waals surface area contributed by atoms with Gasteiger partial charge in [-0.05, 0) is 48.0 Å². The minimum atomic E-state index is -0.938. The molecule has 6 nitrogen and oxygen atoms in total. The highest BCUT2D eigenvalue weighted by Gasteiger charge is 2.37. The number of barbiturate groups is 1. The van der Waals surface area contributed by atoms with Gasteiger partial charge >= 0.3 is 6.03 Å². The molecule has 0 bridgehead atoms. The van der Waals surface area contributed by atoms with Gasteiger partial charge in [0, 0.05) is 10.6 Å². The van der Waals surface area contributed by atoms with Gasteiger partial charge in [-0.3, -0.25) is 14.9 Å². The van der Waals surface area contributed by atoms with Crippen LogP contribution in [0.5, 0.6) is 5.75 Å². The fourth-order valence-corrected chi connectivity index (χ4v) is 4.07. The Balaban J connectivity index is 1.73. The number of nitrogens with zero attached hydrogens (tertiary/aromatic N) is 1. The van der Waals surface area contributed by atoms with Crippen LogP contribution in [0.1, 0.15) is 11.1 Å². The van der Waals surface area contributed by atoms with Crippen LogP contribution in [0.15, 0.2) is 66.2 Å². The number of hydrogen-bond donors (Lipinski definition) is 1. The molecule has 1 saturated heterocycles. The topological polar surface area (TPSA) is 75.7 Å². The maximum Gasteiger partial charge on any atom is 0.335 e. The predicted octanol–water partition coefficient (Wildman–Crippen LogP) is 6.03. The van der Waals surface area contributed by atoms with Gasteiger partial charge in [-0.1, -0.05) is 59.1 Å². The van der Waals surface area contributed by atoms with Gasteiger partial charge in [0.05, 0.1) is 15.7 Å². The SMILES string of the molecule is O=C1NC(=O)N(c2ccccc2Cl)C(=O)/C1=C/c1cc(Cl)cc(Cl)c1OCc1cccc(F)c1. The van der Waals surface area contributed by atoms with Crippen LogP contribution in [0.25, 0.3) is 6.08 Å². The second kappa shape index (κ2) is 9.85. The second-order valence-corrected chi connectivity index (χ2v) is 8.38. The van der Waals surface area contributed by atoms with Crippen molar-refractivity contribution >= 4 is 64.4 Å². The third kappa shape index (κ3) is 4.92. The molecule has 34 heavy (non-hydrogen) atoms. The molecular formula is C24H14Cl3FN2O4. The first-order chi connectivity index (χ1) is 16.2. The number of carbonyl (C=O) groups is 3. The van der Waals surface area contributed by atoms with E-state index >= 15 is 0 Å². The number of halogens is 4. The molecule has 0 saturated carbocycles. The van der Waals surface area contributed by atoms with E-state index in [9.17, 15) is 18.8 Å². The highest BCUT2D eigenvalue weighted by Crippen LogP contribution is 2.36. The van der Waals surface area contributed by atoms with Crippen molar-refractivity contribution < 1.29 is 23.5 Å². The lowest BCUT2D eigenvalue weighted by Gasteiger charge is -2.27. The van der Waals surface area contributed by atoms with Crippen molar-refractivity contribution in [3.63, 3.8) is 0 Å². The second-order valence-electron chi connectivity index (χ2n) is 7.13. The van der Waals surface area contributed by atoms with Gasteiger partial charge in [0.15, 0.2) is 0 Å². The number of rotatable bonds is 5. The van der Waals surface area contributed by atoms with E-state index < -0.39 is 23.7 Å². The zero-order valence-corrected chi connectivity index (χ0v) is 19.4. The number of carbonyl (C=O) groups excluding carboxylic acids is 3. The van der Waals surface area contributed by atoms with E-state index in [1.807, 2.05) is 0 Å². The van der Waals surface area contributed by atoms with Crippen LogP contribution in [0.3, 0.4) is 0 Å². The Bertz CT molecular complexity index is 1360. The molecule has 0 atom stereocenters. The molecule has 0 spiro atoms. The molecule has 0 radical (unpaired) electrons. The Morgan fingerprint density at radius 2 is 1.71 bits per heavy atom. The molecule has 4 rings (SSSR count). The van der Waals surface area contributed by atoms with Crippen LogP contribution in [-0.4, -0.2) is 17.8 Å². The van der Waals surface area contributed by atoms with Crippen molar-refractivity contribution in [1.29, 1.82) is 0 Å². The normalized spacial score (nSPS) is 15.0. The van der Waals surface area contributed by atoms with Crippen molar-refractivity contribution in [1.82, 2.24) is 5.32 Å². The standard InChI is InChI=1S/C24H14Cl3FN2O4/c25-15-9-14(21(19(27)11-15)34-12-13-4-3-5-16(28)8-13)10-17-22(31)29-24(33)30(23(17)32)20-7-2-1-6-18(20)26/h1-11H,12H2,(H,29,31,33)/b17-10+. The fraction of sp³-hybridized carbons (Fsp3) is 0.0417. The molecule has 1 aliphatic rings. The summed E-state index contributed by atoms with van der Waals surface area (Å²) in [6.07, 6.45) is 1.21. The van der Waals surface area contributed by atoms with Crippen LogP contribution >= 0.6 is 34.8 Å². The summed E-state index contributed by atoms with van der Waals surface area (Å²) in [5.41, 5.74) is 0.484. The number of ether oxygens (including phenoxy) is 1. The summed E-state index contributed by atoms with van der Waals surface area (Å²) in [7, 11) is 0. The van der Waals surface area contributed by atoms with Crippen molar-refractivity contribution in [3.05, 3.63) is 98.2 Å². The molecule has 0 aromatic heterocycles. The summed E-state index contributed by atoms with van der Waals surface area (Å²) in [6, 6.07) is 13.9. The quantitative estimate of drug-likeness (QED) is 0.330. The molecule has 1 heterocycles. The molecule has 1 aliphatic heterocycles. The fourth-order valence-electron chi connectivity index (χ4n) is 3.29. The summed E-state index contributed by atoms with van der Waals surface area (Å²) in [5, 5.41) is 2.59. The van der Waals surface area contributed by atoms with Gasteiger partial charge in [-0.25, -0.2) is 14.1 Å². The molecule has 4 amide bonds. The van der Waals surface area contributed by atoms with Crippen molar-refractivity contribution in [2.75, 3.05) is 4.90 Å². The van der Waals surface area contributed by atoms with Crippen LogP contribution in [0, 0.1) is 5.82 Å². The van der Waals surface area contributed by atoms with E-state index in [1.165, 1.54) is 48.5 Å². The number of amides is 4. The van der Waals surface area contributed by atoms with Gasteiger partial charge in [-0.15, -0.1) is 0 Å². The van der Waals surface area contributed by atoms with Crippen LogP contribution in [0.2, 0.25) is 15.1 Å². The number of anilines is 1. The van der Waals surface area contributed by atoms with E-state index in [2.05, 4.69) is 5.32 Å². The van der Waals surface area contributed by atoms with Gasteiger partial charge < -0.3 is 4.74 Å². The Morgan fingerprint density at radius 1 is 0.941 bits per heavy atom. The lowest BCUT2D eigenvalue weighted by Crippen LogP contribution is -2.54. The van der Waals surface area contributed by atoms with E-state index in [0.29, 0.717) is 5.56 Å². The predicted molar refractivity (Wildman–Crippen MR) is 128 cm³/mol. The molecular weight excluding hydrogens is 506 g/mol. The third-order valence-electron chi connectivity index (χ3n) is 4.80. The van der Waals surface area contributed by atoms with E-state index in [1.54, 1.807) is 18.2 Å². The number of urea groups is 1. The molecule has 172 valence electrons. The minimum Gasteiger partial charge on any atom is -0.487 e. The van der Waals surface area contributed by atoms with Crippen molar-refractivity contribution in [2.45, 2.75) is 6.61 Å².